The van der Waals surface area contributed by atoms with Gasteiger partial charge in [0.25, 0.3) is 0 Å². The van der Waals surface area contributed by atoms with Crippen LogP contribution in [0, 0.1) is 6.92 Å². The Balaban J connectivity index is 3.27. The molecule has 94 valence electrons. The van der Waals surface area contributed by atoms with Crippen molar-refractivity contribution in [3.63, 3.8) is 0 Å². The average molecular weight is 238 g/mol. The number of hydrogen-bond donors (Lipinski definition) is 2. The van der Waals surface area contributed by atoms with Crippen molar-refractivity contribution in [2.24, 2.45) is 5.73 Å². The van der Waals surface area contributed by atoms with Crippen LogP contribution in [-0.2, 0) is 4.79 Å². The van der Waals surface area contributed by atoms with Gasteiger partial charge in [-0.2, -0.15) is 0 Å². The number of methoxy groups -OCH3 is 2. The van der Waals surface area contributed by atoms with E-state index in [4.69, 9.17) is 15.2 Å². The van der Waals surface area contributed by atoms with Crippen LogP contribution in [0.2, 0.25) is 0 Å². The van der Waals surface area contributed by atoms with Crippen LogP contribution in [0.5, 0.6) is 11.5 Å². The van der Waals surface area contributed by atoms with Crippen LogP contribution < -0.4 is 20.5 Å². The first-order valence-corrected chi connectivity index (χ1v) is 5.24. The zero-order valence-corrected chi connectivity index (χ0v) is 10.5. The summed E-state index contributed by atoms with van der Waals surface area (Å²) in [6, 6.07) is 2.78. The van der Waals surface area contributed by atoms with E-state index < -0.39 is 6.04 Å². The molecule has 3 N–H and O–H groups in total. The summed E-state index contributed by atoms with van der Waals surface area (Å²) < 4.78 is 10.4. The number of rotatable bonds is 4. The van der Waals surface area contributed by atoms with Crippen LogP contribution in [0.3, 0.4) is 0 Å². The van der Waals surface area contributed by atoms with Gasteiger partial charge in [0.15, 0.2) is 0 Å². The van der Waals surface area contributed by atoms with E-state index >= 15 is 0 Å². The molecule has 1 rings (SSSR count). The molecule has 1 unspecified atom stereocenters. The van der Waals surface area contributed by atoms with E-state index in [1.165, 1.54) is 7.11 Å². The quantitative estimate of drug-likeness (QED) is 0.812. The second-order valence-corrected chi connectivity index (χ2v) is 3.65. The van der Waals surface area contributed by atoms with E-state index in [-0.39, 0.29) is 5.91 Å². The Bertz CT molecular complexity index is 418. The summed E-state index contributed by atoms with van der Waals surface area (Å²) in [4.78, 5) is 11.6. The molecule has 0 fully saturated rings. The second-order valence-electron chi connectivity index (χ2n) is 3.65. The summed E-state index contributed by atoms with van der Waals surface area (Å²) in [6.45, 7) is 1.86. The van der Waals surface area contributed by atoms with Crippen LogP contribution in [0.4, 0.5) is 0 Å². The lowest BCUT2D eigenvalue weighted by Gasteiger charge is -2.18. The largest absolute Gasteiger partial charge is 0.497 e. The van der Waals surface area contributed by atoms with Gasteiger partial charge >= 0.3 is 0 Å². The molecule has 0 heterocycles. The van der Waals surface area contributed by atoms with E-state index in [1.54, 1.807) is 20.2 Å². The number of nitrogens with one attached hydrogen (secondary N) is 1. The van der Waals surface area contributed by atoms with E-state index in [2.05, 4.69) is 5.32 Å². The highest BCUT2D eigenvalue weighted by Crippen LogP contribution is 2.32. The predicted octanol–water partition coefficient (Wildman–Crippen LogP) is 0.758. The molecule has 0 saturated carbocycles. The zero-order chi connectivity index (χ0) is 13.0. The van der Waals surface area contributed by atoms with Gasteiger partial charge in [-0.25, -0.2) is 0 Å². The van der Waals surface area contributed by atoms with Crippen molar-refractivity contribution in [2.45, 2.75) is 13.0 Å². The molecular formula is C12H18N2O3. The molecule has 0 aromatic heterocycles. The number of ether oxygens (including phenoxy) is 2. The fourth-order valence-electron chi connectivity index (χ4n) is 1.71. The highest BCUT2D eigenvalue weighted by molar-refractivity contribution is 5.84. The van der Waals surface area contributed by atoms with Crippen molar-refractivity contribution in [3.8, 4) is 11.5 Å². The lowest BCUT2D eigenvalue weighted by molar-refractivity contribution is -0.122. The standard InChI is InChI=1S/C12H18N2O3/c1-7-5-8(16-3)6-9(17-4)10(7)11(13)12(15)14-2/h5-6,11H,13H2,1-4H3,(H,14,15). The van der Waals surface area contributed by atoms with Crippen molar-refractivity contribution in [2.75, 3.05) is 21.3 Å². The minimum atomic E-state index is -0.749. The van der Waals surface area contributed by atoms with Gasteiger partial charge in [0, 0.05) is 18.7 Å². The number of nitrogens with two attached hydrogens (primary N) is 1. The van der Waals surface area contributed by atoms with Crippen LogP contribution >= 0.6 is 0 Å². The van der Waals surface area contributed by atoms with Gasteiger partial charge in [-0.1, -0.05) is 0 Å². The fraction of sp³-hybridized carbons (Fsp3) is 0.417. The molecule has 0 saturated heterocycles. The summed E-state index contributed by atoms with van der Waals surface area (Å²) in [5.41, 5.74) is 7.42. The smallest absolute Gasteiger partial charge is 0.241 e. The first-order valence-electron chi connectivity index (χ1n) is 5.24. The van der Waals surface area contributed by atoms with Gasteiger partial charge in [-0.05, 0) is 18.6 Å². The maximum Gasteiger partial charge on any atom is 0.241 e. The van der Waals surface area contributed by atoms with Crippen molar-refractivity contribution in [1.29, 1.82) is 0 Å². The molecule has 0 aliphatic rings. The molecule has 1 aromatic carbocycles. The van der Waals surface area contributed by atoms with Crippen molar-refractivity contribution in [1.82, 2.24) is 5.32 Å². The summed E-state index contributed by atoms with van der Waals surface area (Å²) in [6.07, 6.45) is 0. The maximum atomic E-state index is 11.6. The number of amides is 1. The van der Waals surface area contributed by atoms with E-state index in [0.29, 0.717) is 17.1 Å². The summed E-state index contributed by atoms with van der Waals surface area (Å²) >= 11 is 0. The van der Waals surface area contributed by atoms with Crippen molar-refractivity contribution < 1.29 is 14.3 Å². The van der Waals surface area contributed by atoms with E-state index in [9.17, 15) is 4.79 Å². The molecule has 0 aliphatic heterocycles. The molecule has 1 atom stereocenters. The fourth-order valence-corrected chi connectivity index (χ4v) is 1.71. The highest BCUT2D eigenvalue weighted by atomic mass is 16.5. The second kappa shape index (κ2) is 5.54. The number of hydrogen-bond acceptors (Lipinski definition) is 4. The van der Waals surface area contributed by atoms with Crippen LogP contribution in [0.25, 0.3) is 0 Å². The molecule has 5 heteroatoms. The topological polar surface area (TPSA) is 73.6 Å². The monoisotopic (exact) mass is 238 g/mol. The predicted molar refractivity (Wildman–Crippen MR) is 65.3 cm³/mol. The van der Waals surface area contributed by atoms with Crippen LogP contribution in [0.1, 0.15) is 17.2 Å². The minimum Gasteiger partial charge on any atom is -0.497 e. The van der Waals surface area contributed by atoms with Gasteiger partial charge in [0.05, 0.1) is 14.2 Å². The molecule has 17 heavy (non-hydrogen) atoms. The van der Waals surface area contributed by atoms with E-state index in [1.807, 2.05) is 13.0 Å². The number of benzene rings is 1. The lowest BCUT2D eigenvalue weighted by Crippen LogP contribution is -2.32. The number of likely N-dealkylation sites (N-methyl/N-ethyl adjacent to an activating group) is 1. The number of carbonyl (C=O) groups is 1. The highest BCUT2D eigenvalue weighted by Gasteiger charge is 2.21. The van der Waals surface area contributed by atoms with Gasteiger partial charge in [0.1, 0.15) is 17.5 Å². The molecule has 1 aromatic rings. The summed E-state index contributed by atoms with van der Waals surface area (Å²) in [5, 5.41) is 2.52. The first-order chi connectivity index (χ1) is 8.04. The molecule has 5 nitrogen and oxygen atoms in total. The zero-order valence-electron chi connectivity index (χ0n) is 10.5. The maximum absolute atomic E-state index is 11.6. The van der Waals surface area contributed by atoms with Gasteiger partial charge in [-0.15, -0.1) is 0 Å². The Hall–Kier alpha value is -1.75. The Kier molecular flexibility index (Phi) is 4.34. The molecule has 0 spiro atoms. The van der Waals surface area contributed by atoms with Gasteiger partial charge < -0.3 is 20.5 Å². The SMILES string of the molecule is CNC(=O)C(N)c1c(C)cc(OC)cc1OC. The number of aryl methyl sites for hydroxylation is 1. The summed E-state index contributed by atoms with van der Waals surface area (Å²) in [7, 11) is 4.66. The third-order valence-electron chi connectivity index (χ3n) is 2.62. The van der Waals surface area contributed by atoms with Crippen LogP contribution in [-0.4, -0.2) is 27.2 Å². The van der Waals surface area contributed by atoms with Crippen molar-refractivity contribution in [3.05, 3.63) is 23.3 Å². The Morgan fingerprint density at radius 1 is 1.35 bits per heavy atom. The van der Waals surface area contributed by atoms with Crippen LogP contribution in [0.15, 0.2) is 12.1 Å². The average Bonchev–Trinajstić information content (AvgIpc) is 2.35. The lowest BCUT2D eigenvalue weighted by atomic mass is 9.99. The van der Waals surface area contributed by atoms with Gasteiger partial charge in [0.2, 0.25) is 5.91 Å². The van der Waals surface area contributed by atoms with E-state index in [0.717, 1.165) is 5.56 Å². The molecule has 0 radical (unpaired) electrons. The van der Waals surface area contributed by atoms with Crippen molar-refractivity contribution >= 4 is 5.91 Å². The third kappa shape index (κ3) is 2.68. The van der Waals surface area contributed by atoms with Gasteiger partial charge in [-0.3, -0.25) is 4.79 Å². The Labute approximate surface area is 101 Å². The first kappa shape index (κ1) is 13.3. The molecule has 0 bridgehead atoms. The normalized spacial score (nSPS) is 11.8. The molecule has 0 aliphatic carbocycles. The summed E-state index contributed by atoms with van der Waals surface area (Å²) in [5.74, 6) is 0.974. The number of carbonyl (C=O) groups excluding carboxylic acids is 1. The Morgan fingerprint density at radius 3 is 2.47 bits per heavy atom. The molecular weight excluding hydrogens is 220 g/mol. The minimum absolute atomic E-state index is 0.253. The third-order valence-corrected chi connectivity index (χ3v) is 2.62. The molecule has 1 amide bonds. The Morgan fingerprint density at radius 2 is 2.00 bits per heavy atom.